The largest absolute Gasteiger partial charge is 0.493 e. The van der Waals surface area contributed by atoms with Crippen molar-refractivity contribution in [3.05, 3.63) is 28.6 Å². The van der Waals surface area contributed by atoms with Gasteiger partial charge < -0.3 is 15.6 Å². The Hall–Kier alpha value is -1.55. The van der Waals surface area contributed by atoms with Crippen LogP contribution in [0.15, 0.2) is 6.07 Å². The third kappa shape index (κ3) is 2.97. The lowest BCUT2D eigenvalue weighted by molar-refractivity contribution is -0.376. The fraction of sp³-hybridized carbons (Fsp3) is 0.538. The molecule has 0 fully saturated rings. The van der Waals surface area contributed by atoms with E-state index in [1.165, 1.54) is 6.92 Å². The van der Waals surface area contributed by atoms with Gasteiger partial charge in [-0.15, -0.1) is 0 Å². The van der Waals surface area contributed by atoms with Gasteiger partial charge in [-0.25, -0.2) is 4.39 Å². The summed E-state index contributed by atoms with van der Waals surface area (Å²) in [5.41, 5.74) is -2.46. The molecule has 0 saturated heterocycles. The second-order valence-corrected chi connectivity index (χ2v) is 4.97. The molecule has 0 bridgehead atoms. The quantitative estimate of drug-likeness (QED) is 0.822. The van der Waals surface area contributed by atoms with E-state index in [-0.39, 0.29) is 6.07 Å². The highest BCUT2D eigenvalue weighted by Gasteiger charge is 2.72. The van der Waals surface area contributed by atoms with Crippen LogP contribution in [-0.4, -0.2) is 24.6 Å². The molecule has 3 N–H and O–H groups in total. The highest BCUT2D eigenvalue weighted by molar-refractivity contribution is 5.50. The molecule has 23 heavy (non-hydrogen) atoms. The predicted molar refractivity (Wildman–Crippen MR) is 66.3 cm³/mol. The van der Waals surface area contributed by atoms with Crippen LogP contribution in [0.25, 0.3) is 0 Å². The van der Waals surface area contributed by atoms with Gasteiger partial charge in [-0.3, -0.25) is 0 Å². The van der Waals surface area contributed by atoms with Gasteiger partial charge in [-0.2, -0.15) is 26.3 Å². The number of methoxy groups -OCH3 is 1. The van der Waals surface area contributed by atoms with Crippen molar-refractivity contribution in [2.24, 2.45) is 5.73 Å². The van der Waals surface area contributed by atoms with E-state index in [9.17, 15) is 35.8 Å². The first-order valence-electron chi connectivity index (χ1n) is 6.19. The Morgan fingerprint density at radius 1 is 1.13 bits per heavy atom. The Bertz CT molecular complexity index is 579. The summed E-state index contributed by atoms with van der Waals surface area (Å²) < 4.78 is 96.3. The average Bonchev–Trinajstić information content (AvgIpc) is 2.36. The average molecular weight is 349 g/mol. The second kappa shape index (κ2) is 5.82. The number of hydrogen-bond acceptors (Lipinski definition) is 3. The smallest absolute Gasteiger partial charge is 0.430 e. The topological polar surface area (TPSA) is 55.5 Å². The molecule has 1 unspecified atom stereocenters. The van der Waals surface area contributed by atoms with Crippen LogP contribution < -0.4 is 10.5 Å². The number of halogens is 7. The molecule has 1 atom stereocenters. The zero-order chi connectivity index (χ0) is 18.4. The number of hydrogen-bond donors (Lipinski definition) is 2. The minimum Gasteiger partial charge on any atom is -0.493 e. The predicted octanol–water partition coefficient (Wildman–Crippen LogP) is 3.47. The van der Waals surface area contributed by atoms with E-state index in [1.807, 2.05) is 0 Å². The van der Waals surface area contributed by atoms with E-state index < -0.39 is 52.3 Å². The van der Waals surface area contributed by atoms with Crippen LogP contribution in [0.3, 0.4) is 0 Å². The summed E-state index contributed by atoms with van der Waals surface area (Å²) in [4.78, 5) is 0. The van der Waals surface area contributed by atoms with E-state index in [0.717, 1.165) is 14.0 Å². The van der Waals surface area contributed by atoms with Gasteiger partial charge in [0.15, 0.2) is 11.6 Å². The molecule has 132 valence electrons. The van der Waals surface area contributed by atoms with E-state index in [1.54, 1.807) is 0 Å². The highest BCUT2D eigenvalue weighted by Crippen LogP contribution is 2.52. The van der Waals surface area contributed by atoms with Crippen LogP contribution in [0.4, 0.5) is 30.7 Å². The minimum absolute atomic E-state index is 0.0406. The van der Waals surface area contributed by atoms with Crippen molar-refractivity contribution < 1.29 is 40.6 Å². The maximum absolute atomic E-state index is 13.9. The van der Waals surface area contributed by atoms with E-state index in [4.69, 9.17) is 5.73 Å². The lowest BCUT2D eigenvalue weighted by Gasteiger charge is -2.35. The van der Waals surface area contributed by atoms with Crippen molar-refractivity contribution >= 4 is 0 Å². The Morgan fingerprint density at radius 3 is 1.87 bits per heavy atom. The number of aliphatic hydroxyl groups is 1. The van der Waals surface area contributed by atoms with Crippen molar-refractivity contribution in [3.63, 3.8) is 0 Å². The summed E-state index contributed by atoms with van der Waals surface area (Å²) in [6.45, 7) is 2.10. The van der Waals surface area contributed by atoms with Crippen molar-refractivity contribution in [1.82, 2.24) is 0 Å². The molecule has 10 heteroatoms. The van der Waals surface area contributed by atoms with Crippen molar-refractivity contribution in [2.45, 2.75) is 37.8 Å². The van der Waals surface area contributed by atoms with Gasteiger partial charge in [0.2, 0.25) is 0 Å². The van der Waals surface area contributed by atoms with Crippen LogP contribution in [0.5, 0.6) is 5.75 Å². The molecule has 1 aromatic carbocycles. The van der Waals surface area contributed by atoms with Crippen LogP contribution in [0, 0.1) is 12.7 Å². The molecule has 0 heterocycles. The molecule has 0 aliphatic carbocycles. The molecule has 0 saturated carbocycles. The van der Waals surface area contributed by atoms with Gasteiger partial charge in [-0.05, 0) is 25.5 Å². The number of benzene rings is 1. The lowest BCUT2D eigenvalue weighted by Crippen LogP contribution is -2.54. The first kappa shape index (κ1) is 19.5. The van der Waals surface area contributed by atoms with Gasteiger partial charge >= 0.3 is 12.4 Å². The number of nitrogens with two attached hydrogens (primary N) is 1. The summed E-state index contributed by atoms with van der Waals surface area (Å²) in [6, 6.07) is -1.17. The third-order valence-corrected chi connectivity index (χ3v) is 3.41. The summed E-state index contributed by atoms with van der Waals surface area (Å²) in [7, 11) is 0.989. The minimum atomic E-state index is -6.12. The Morgan fingerprint density at radius 2 is 1.57 bits per heavy atom. The highest BCUT2D eigenvalue weighted by atomic mass is 19.4. The third-order valence-electron chi connectivity index (χ3n) is 3.41. The molecular weight excluding hydrogens is 335 g/mol. The maximum atomic E-state index is 13.9. The van der Waals surface area contributed by atoms with E-state index >= 15 is 0 Å². The molecule has 0 aliphatic heterocycles. The zero-order valence-corrected chi connectivity index (χ0v) is 12.2. The molecule has 0 amide bonds. The SMILES string of the molecule is COc1c(F)cc(C(O)(C(F)(F)F)C(F)(F)F)c(C)c1C(C)N. The van der Waals surface area contributed by atoms with Gasteiger partial charge in [-0.1, -0.05) is 0 Å². The molecule has 0 radical (unpaired) electrons. The monoisotopic (exact) mass is 349 g/mol. The zero-order valence-electron chi connectivity index (χ0n) is 12.2. The summed E-state index contributed by atoms with van der Waals surface area (Å²) in [5.74, 6) is -2.07. The molecule has 1 aromatic rings. The Labute approximate surface area is 126 Å². The fourth-order valence-electron chi connectivity index (χ4n) is 2.34. The molecule has 1 rings (SSSR count). The molecule has 0 spiro atoms. The van der Waals surface area contributed by atoms with Crippen LogP contribution in [0.2, 0.25) is 0 Å². The molecule has 3 nitrogen and oxygen atoms in total. The van der Waals surface area contributed by atoms with Crippen LogP contribution in [0.1, 0.15) is 29.7 Å². The summed E-state index contributed by atoms with van der Waals surface area (Å²) in [5, 5.41) is 9.43. The first-order chi connectivity index (χ1) is 10.2. The van der Waals surface area contributed by atoms with Gasteiger partial charge in [0, 0.05) is 17.2 Å². The van der Waals surface area contributed by atoms with E-state index in [2.05, 4.69) is 4.74 Å². The van der Waals surface area contributed by atoms with Crippen molar-refractivity contribution in [3.8, 4) is 5.75 Å². The first-order valence-corrected chi connectivity index (χ1v) is 6.19. The Kier molecular flexibility index (Phi) is 4.94. The van der Waals surface area contributed by atoms with Gasteiger partial charge in [0.25, 0.3) is 5.60 Å². The molecule has 0 aromatic heterocycles. The van der Waals surface area contributed by atoms with Crippen molar-refractivity contribution in [1.29, 1.82) is 0 Å². The molecule has 0 aliphatic rings. The number of rotatable bonds is 3. The second-order valence-electron chi connectivity index (χ2n) is 4.97. The number of ether oxygens (including phenoxy) is 1. The molecular formula is C13H14F7NO2. The number of alkyl halides is 6. The van der Waals surface area contributed by atoms with Crippen LogP contribution in [-0.2, 0) is 5.60 Å². The normalized spacial score (nSPS) is 14.8. The summed E-state index contributed by atoms with van der Waals surface area (Å²) in [6.07, 6.45) is -12.2. The van der Waals surface area contributed by atoms with Gasteiger partial charge in [0.1, 0.15) is 0 Å². The van der Waals surface area contributed by atoms with Crippen LogP contribution >= 0.6 is 0 Å². The van der Waals surface area contributed by atoms with Gasteiger partial charge in [0.05, 0.1) is 7.11 Å². The van der Waals surface area contributed by atoms with E-state index in [0.29, 0.717) is 0 Å². The fourth-order valence-corrected chi connectivity index (χ4v) is 2.34. The Balaban J connectivity index is 3.91. The van der Waals surface area contributed by atoms with Crippen molar-refractivity contribution in [2.75, 3.05) is 7.11 Å². The summed E-state index contributed by atoms with van der Waals surface area (Å²) >= 11 is 0. The maximum Gasteiger partial charge on any atom is 0.430 e. The standard InChI is InChI=1S/C13H14F7NO2/c1-5-7(11(22,12(15,16)17)13(18,19)20)4-8(14)10(23-3)9(5)6(2)21/h4,6,22H,21H2,1-3H3. The lowest BCUT2D eigenvalue weighted by atomic mass is 9.84.